The quantitative estimate of drug-likeness (QED) is 0.434. The second kappa shape index (κ2) is 10.9. The van der Waals surface area contributed by atoms with Gasteiger partial charge >= 0.3 is 0 Å². The average Bonchev–Trinajstić information content (AvgIpc) is 2.80. The Labute approximate surface area is 194 Å². The maximum Gasteiger partial charge on any atom is 0.261 e. The van der Waals surface area contributed by atoms with Gasteiger partial charge in [0.1, 0.15) is 5.75 Å². The minimum atomic E-state index is -3.70. The van der Waals surface area contributed by atoms with Crippen LogP contribution in [0.15, 0.2) is 65.7 Å². The first-order valence-corrected chi connectivity index (χ1v) is 11.9. The van der Waals surface area contributed by atoms with E-state index in [9.17, 15) is 13.2 Å². The van der Waals surface area contributed by atoms with E-state index in [0.717, 1.165) is 17.5 Å². The number of carbonyl (C=O) groups excluding carboxylic acids is 1. The van der Waals surface area contributed by atoms with Crippen molar-refractivity contribution >= 4 is 21.6 Å². The van der Waals surface area contributed by atoms with Gasteiger partial charge in [0.25, 0.3) is 15.9 Å². The Morgan fingerprint density at radius 2 is 1.76 bits per heavy atom. The number of methoxy groups -OCH3 is 1. The van der Waals surface area contributed by atoms with Gasteiger partial charge in [0.05, 0.1) is 10.5 Å². The van der Waals surface area contributed by atoms with E-state index in [0.29, 0.717) is 36.0 Å². The molecule has 0 unspecified atom stereocenters. The Hall–Kier alpha value is -3.43. The van der Waals surface area contributed by atoms with Gasteiger partial charge in [-0.15, -0.1) is 0 Å². The molecule has 3 rings (SSSR count). The fraction of sp³-hybridized carbons (Fsp3) is 0.250. The zero-order valence-electron chi connectivity index (χ0n) is 18.8. The molecular formula is C24H27N3O5S. The lowest BCUT2D eigenvalue weighted by molar-refractivity contribution is 0.0948. The topological polar surface area (TPSA) is 107 Å². The molecule has 0 fully saturated rings. The fourth-order valence-corrected chi connectivity index (χ4v) is 4.05. The van der Waals surface area contributed by atoms with Crippen LogP contribution in [0, 0.1) is 13.8 Å². The zero-order chi connectivity index (χ0) is 23.8. The summed E-state index contributed by atoms with van der Waals surface area (Å²) in [5.41, 5.74) is 2.77. The van der Waals surface area contributed by atoms with E-state index in [1.165, 1.54) is 6.20 Å². The van der Waals surface area contributed by atoms with Crippen LogP contribution in [-0.4, -0.2) is 39.6 Å². The van der Waals surface area contributed by atoms with Gasteiger partial charge in [-0.05, 0) is 73.9 Å². The fourth-order valence-electron chi connectivity index (χ4n) is 2.90. The van der Waals surface area contributed by atoms with E-state index >= 15 is 0 Å². The summed E-state index contributed by atoms with van der Waals surface area (Å²) in [6.07, 6.45) is 2.17. The number of aryl methyl sites for hydroxylation is 2. The maximum atomic E-state index is 12.6. The van der Waals surface area contributed by atoms with Gasteiger partial charge in [0, 0.05) is 38.2 Å². The molecule has 0 saturated carbocycles. The third-order valence-corrected chi connectivity index (χ3v) is 6.31. The molecular weight excluding hydrogens is 442 g/mol. The predicted molar refractivity (Wildman–Crippen MR) is 126 cm³/mol. The molecule has 1 heterocycles. The standard InChI is InChI=1S/C24H27N3O5S/c1-17-5-11-22(15-18(17)2)33(29,30)27-20-7-9-21(10-8-20)32-23-12-6-19(16-26-23)24(28)25-13-4-14-31-3/h5-12,15-16,27H,4,13-14H2,1-3H3,(H,25,28). The first-order chi connectivity index (χ1) is 15.8. The average molecular weight is 470 g/mol. The number of pyridine rings is 1. The number of ether oxygens (including phenoxy) is 2. The van der Waals surface area contributed by atoms with E-state index in [2.05, 4.69) is 15.0 Å². The molecule has 33 heavy (non-hydrogen) atoms. The summed E-state index contributed by atoms with van der Waals surface area (Å²) < 4.78 is 38.5. The van der Waals surface area contributed by atoms with Gasteiger partial charge in [-0.2, -0.15) is 0 Å². The molecule has 0 spiro atoms. The van der Waals surface area contributed by atoms with Crippen LogP contribution in [0.25, 0.3) is 0 Å². The number of nitrogens with one attached hydrogen (secondary N) is 2. The molecule has 1 amide bonds. The first-order valence-electron chi connectivity index (χ1n) is 10.4. The van der Waals surface area contributed by atoms with Gasteiger partial charge in [-0.25, -0.2) is 13.4 Å². The Morgan fingerprint density at radius 1 is 1.00 bits per heavy atom. The summed E-state index contributed by atoms with van der Waals surface area (Å²) in [7, 11) is -2.08. The Balaban J connectivity index is 1.59. The molecule has 0 saturated heterocycles. The van der Waals surface area contributed by atoms with Crippen LogP contribution in [0.2, 0.25) is 0 Å². The van der Waals surface area contributed by atoms with Crippen LogP contribution < -0.4 is 14.8 Å². The highest BCUT2D eigenvalue weighted by Gasteiger charge is 2.15. The Morgan fingerprint density at radius 3 is 2.39 bits per heavy atom. The summed E-state index contributed by atoms with van der Waals surface area (Å²) >= 11 is 0. The summed E-state index contributed by atoms with van der Waals surface area (Å²) in [5.74, 6) is 0.577. The molecule has 0 bridgehead atoms. The minimum Gasteiger partial charge on any atom is -0.439 e. The van der Waals surface area contributed by atoms with Crippen molar-refractivity contribution in [1.82, 2.24) is 10.3 Å². The maximum absolute atomic E-state index is 12.6. The lowest BCUT2D eigenvalue weighted by Crippen LogP contribution is -2.25. The van der Waals surface area contributed by atoms with Crippen LogP contribution in [0.5, 0.6) is 11.6 Å². The molecule has 0 aliphatic rings. The molecule has 1 aromatic heterocycles. The first kappa shape index (κ1) is 24.2. The number of hydrogen-bond acceptors (Lipinski definition) is 6. The highest BCUT2D eigenvalue weighted by atomic mass is 32.2. The predicted octanol–water partition coefficient (Wildman–Crippen LogP) is 4.06. The third kappa shape index (κ3) is 6.77. The number of carbonyl (C=O) groups is 1. The normalized spacial score (nSPS) is 11.1. The van der Waals surface area contributed by atoms with Crippen molar-refractivity contribution in [2.75, 3.05) is 25.0 Å². The van der Waals surface area contributed by atoms with E-state index < -0.39 is 10.0 Å². The van der Waals surface area contributed by atoms with Crippen LogP contribution in [0.4, 0.5) is 5.69 Å². The zero-order valence-corrected chi connectivity index (χ0v) is 19.6. The molecule has 0 radical (unpaired) electrons. The number of rotatable bonds is 10. The summed E-state index contributed by atoms with van der Waals surface area (Å²) in [6, 6.07) is 14.7. The van der Waals surface area contributed by atoms with Crippen LogP contribution >= 0.6 is 0 Å². The highest BCUT2D eigenvalue weighted by Crippen LogP contribution is 2.24. The smallest absolute Gasteiger partial charge is 0.261 e. The number of hydrogen-bond donors (Lipinski definition) is 2. The van der Waals surface area contributed by atoms with E-state index in [1.807, 2.05) is 13.8 Å². The summed E-state index contributed by atoms with van der Waals surface area (Å²) in [5, 5.41) is 2.79. The van der Waals surface area contributed by atoms with Crippen molar-refractivity contribution in [2.45, 2.75) is 25.2 Å². The molecule has 0 aliphatic heterocycles. The Bertz CT molecular complexity index is 1190. The number of sulfonamides is 1. The van der Waals surface area contributed by atoms with Crippen LogP contribution in [0.1, 0.15) is 27.9 Å². The molecule has 174 valence electrons. The Kier molecular flexibility index (Phi) is 8.02. The second-order valence-corrected chi connectivity index (χ2v) is 9.15. The summed E-state index contributed by atoms with van der Waals surface area (Å²) in [6.45, 7) is 4.90. The van der Waals surface area contributed by atoms with Crippen molar-refractivity contribution in [3.63, 3.8) is 0 Å². The van der Waals surface area contributed by atoms with Crippen molar-refractivity contribution < 1.29 is 22.7 Å². The molecule has 3 aromatic rings. The van der Waals surface area contributed by atoms with E-state index in [4.69, 9.17) is 9.47 Å². The molecule has 9 heteroatoms. The second-order valence-electron chi connectivity index (χ2n) is 7.47. The molecule has 8 nitrogen and oxygen atoms in total. The van der Waals surface area contributed by atoms with Crippen LogP contribution in [0.3, 0.4) is 0 Å². The number of aromatic nitrogens is 1. The highest BCUT2D eigenvalue weighted by molar-refractivity contribution is 7.92. The molecule has 0 aliphatic carbocycles. The van der Waals surface area contributed by atoms with E-state index in [-0.39, 0.29) is 10.8 Å². The molecule has 2 aromatic carbocycles. The SMILES string of the molecule is COCCCNC(=O)c1ccc(Oc2ccc(NS(=O)(=O)c3ccc(C)c(C)c3)cc2)nc1. The van der Waals surface area contributed by atoms with Crippen molar-refractivity contribution in [3.05, 3.63) is 77.5 Å². The third-order valence-electron chi connectivity index (χ3n) is 4.93. The van der Waals surface area contributed by atoms with Crippen molar-refractivity contribution in [3.8, 4) is 11.6 Å². The lowest BCUT2D eigenvalue weighted by atomic mass is 10.1. The minimum absolute atomic E-state index is 0.206. The van der Waals surface area contributed by atoms with Gasteiger partial charge in [0.2, 0.25) is 5.88 Å². The molecule has 2 N–H and O–H groups in total. The number of benzene rings is 2. The van der Waals surface area contributed by atoms with E-state index in [1.54, 1.807) is 61.7 Å². The van der Waals surface area contributed by atoms with Gasteiger partial charge < -0.3 is 14.8 Å². The van der Waals surface area contributed by atoms with Gasteiger partial charge in [-0.3, -0.25) is 9.52 Å². The van der Waals surface area contributed by atoms with Crippen molar-refractivity contribution in [2.24, 2.45) is 0 Å². The lowest BCUT2D eigenvalue weighted by Gasteiger charge is -2.11. The summed E-state index contributed by atoms with van der Waals surface area (Å²) in [4.78, 5) is 16.4. The van der Waals surface area contributed by atoms with Crippen LogP contribution in [-0.2, 0) is 14.8 Å². The van der Waals surface area contributed by atoms with Gasteiger partial charge in [0.15, 0.2) is 0 Å². The largest absolute Gasteiger partial charge is 0.439 e. The van der Waals surface area contributed by atoms with Gasteiger partial charge in [-0.1, -0.05) is 6.07 Å². The monoisotopic (exact) mass is 469 g/mol. The molecule has 0 atom stereocenters. The number of anilines is 1. The van der Waals surface area contributed by atoms with Crippen molar-refractivity contribution in [1.29, 1.82) is 0 Å². The number of nitrogens with zero attached hydrogens (tertiary/aromatic N) is 1. The number of amides is 1.